The number of thiophene rings is 3. The van der Waals surface area contributed by atoms with Crippen LogP contribution in [0.1, 0.15) is 0 Å². The van der Waals surface area contributed by atoms with Gasteiger partial charge in [-0.3, -0.25) is 0 Å². The van der Waals surface area contributed by atoms with Gasteiger partial charge < -0.3 is 28.4 Å². The standard InChI is InChI=1S/C50H34N2S.C44H30N2S.C38H26N2S/c1-4-15-35(16-5-1)36-27-29-37(30-28-36)38-31-33-41(34-32-38)51(45-24-12-10-21-42(45)39-17-6-2-7-18-39)47-26-14-23-44-48-50(53-49(44)47)43-22-11-13-25-46(43)52(48)40-19-8-3-9-20-40;1-4-15-31(16-5-1)32-27-29-35(30-28-32)45(39-24-12-10-21-36(39)33-17-6-2-7-18-33)41-26-14-23-38-42-44(47-43(38)41)37-22-11-13-25-40(37)46(42)34-19-8-3-9-20-34;1-4-15-27(16-5-1)30-21-10-12-24-33(30)39(28-17-6-2-7-18-28)35-26-14-23-32-36-38(41-37(32)35)31-22-11-13-25-34(31)40(36)29-19-8-3-9-20-29/h1-34H;1-30H;1-26H. The van der Waals surface area contributed by atoms with Crippen molar-refractivity contribution < 1.29 is 0 Å². The second kappa shape index (κ2) is 37.4. The van der Waals surface area contributed by atoms with E-state index in [9.17, 15) is 0 Å². The van der Waals surface area contributed by atoms with Gasteiger partial charge >= 0.3 is 0 Å². The molecule has 0 unspecified atom stereocenters. The third-order valence-corrected chi connectivity index (χ3v) is 30.7. The van der Waals surface area contributed by atoms with Crippen LogP contribution in [0, 0.1) is 0 Å². The molecule has 0 spiro atoms. The topological polar surface area (TPSA) is 24.5 Å². The predicted molar refractivity (Wildman–Crippen MR) is 605 cm³/mol. The summed E-state index contributed by atoms with van der Waals surface area (Å²) in [5, 5.41) is 7.61. The number of para-hydroxylation sites is 10. The molecule has 666 valence electrons. The minimum Gasteiger partial charge on any atom is -0.308 e. The molecule has 0 radical (unpaired) electrons. The first kappa shape index (κ1) is 85.0. The van der Waals surface area contributed by atoms with Crippen molar-refractivity contribution in [1.29, 1.82) is 0 Å². The predicted octanol–water partition coefficient (Wildman–Crippen LogP) is 38.4. The van der Waals surface area contributed by atoms with Crippen LogP contribution in [0.4, 0.5) is 51.2 Å². The Hall–Kier alpha value is -17.7. The van der Waals surface area contributed by atoms with Gasteiger partial charge in [-0.05, 0) is 177 Å². The van der Waals surface area contributed by atoms with Gasteiger partial charge in [0.15, 0.2) is 0 Å². The number of rotatable bonds is 18. The summed E-state index contributed by atoms with van der Waals surface area (Å²) in [5.74, 6) is 0. The molecule has 27 aromatic rings. The highest BCUT2D eigenvalue weighted by Gasteiger charge is 2.30. The zero-order chi connectivity index (χ0) is 93.5. The second-order valence-electron chi connectivity index (χ2n) is 35.3. The van der Waals surface area contributed by atoms with Crippen molar-refractivity contribution >= 4 is 179 Å². The Kier molecular flexibility index (Phi) is 22.6. The van der Waals surface area contributed by atoms with Crippen molar-refractivity contribution in [3.8, 4) is 83.8 Å². The molecule has 0 aliphatic carbocycles. The number of anilines is 9. The van der Waals surface area contributed by atoms with Crippen molar-refractivity contribution in [1.82, 2.24) is 13.7 Å². The molecule has 0 bridgehead atoms. The summed E-state index contributed by atoms with van der Waals surface area (Å²) in [6.45, 7) is 0. The van der Waals surface area contributed by atoms with Gasteiger partial charge in [-0.25, -0.2) is 0 Å². The van der Waals surface area contributed by atoms with Gasteiger partial charge in [-0.1, -0.05) is 419 Å². The van der Waals surface area contributed by atoms with E-state index in [2.05, 4.69) is 574 Å². The number of fused-ring (bicyclic) bond motifs is 15. The van der Waals surface area contributed by atoms with Crippen molar-refractivity contribution in [3.63, 3.8) is 0 Å². The van der Waals surface area contributed by atoms with E-state index < -0.39 is 0 Å². The van der Waals surface area contributed by atoms with E-state index in [1.165, 1.54) is 189 Å². The summed E-state index contributed by atoms with van der Waals surface area (Å²) < 4.78 is 15.0. The van der Waals surface area contributed by atoms with Crippen LogP contribution >= 0.6 is 34.0 Å². The van der Waals surface area contributed by atoms with E-state index in [0.29, 0.717) is 0 Å². The van der Waals surface area contributed by atoms with Crippen LogP contribution < -0.4 is 14.7 Å². The molecule has 27 rings (SSSR count). The molecule has 0 saturated heterocycles. The fourth-order valence-corrected chi connectivity index (χ4v) is 24.6. The zero-order valence-electron chi connectivity index (χ0n) is 76.9. The van der Waals surface area contributed by atoms with Crippen molar-refractivity contribution in [2.45, 2.75) is 0 Å². The van der Waals surface area contributed by atoms with E-state index >= 15 is 0 Å². The quantitative estimate of drug-likeness (QED) is 0.0856. The first-order chi connectivity index (χ1) is 70.0. The van der Waals surface area contributed by atoms with Crippen molar-refractivity contribution in [3.05, 3.63) is 546 Å². The zero-order valence-corrected chi connectivity index (χ0v) is 79.3. The molecule has 0 aliphatic rings. The maximum absolute atomic E-state index is 2.46. The highest BCUT2D eigenvalue weighted by Crippen LogP contribution is 2.55. The second-order valence-corrected chi connectivity index (χ2v) is 38.3. The smallest absolute Gasteiger partial charge is 0.0728 e. The maximum atomic E-state index is 2.46. The third kappa shape index (κ3) is 15.6. The molecule has 141 heavy (non-hydrogen) atoms. The van der Waals surface area contributed by atoms with Gasteiger partial charge in [0.05, 0.1) is 95.4 Å². The molecule has 0 aliphatic heterocycles. The molecular weight excluding hydrogens is 1770 g/mol. The highest BCUT2D eigenvalue weighted by atomic mass is 32.1. The number of hydrogen-bond donors (Lipinski definition) is 0. The Morgan fingerprint density at radius 3 is 0.617 bits per heavy atom. The van der Waals surface area contributed by atoms with Gasteiger partial charge in [0.25, 0.3) is 0 Å². The average molecular weight is 1860 g/mol. The Balaban J connectivity index is 0.000000112. The summed E-state index contributed by atoms with van der Waals surface area (Å²) >= 11 is 5.67. The monoisotopic (exact) mass is 1850 g/mol. The molecule has 6 aromatic heterocycles. The van der Waals surface area contributed by atoms with E-state index in [-0.39, 0.29) is 0 Å². The fraction of sp³-hybridized carbons (Fsp3) is 0. The molecular formula is C132H90N6S3. The van der Waals surface area contributed by atoms with Crippen LogP contribution in [0.3, 0.4) is 0 Å². The molecule has 0 amide bonds. The van der Waals surface area contributed by atoms with E-state index in [1.807, 2.05) is 34.0 Å². The van der Waals surface area contributed by atoms with Gasteiger partial charge in [-0.2, -0.15) is 0 Å². The van der Waals surface area contributed by atoms with E-state index in [4.69, 9.17) is 0 Å². The SMILES string of the molecule is c1ccc(-c2ccc(-c3ccc(N(c4ccccc4-c4ccccc4)c4cccc5c4sc4c6ccccc6n(-c6ccccc6)c54)cc3)cc2)cc1.c1ccc(-c2ccc(N(c3ccccc3-c3ccccc3)c3cccc4c3sc3c5ccccc5n(-c5ccccc5)c43)cc2)cc1.c1ccc(-c2ccccc2N(c2ccccc2)c2cccc3c2sc2c4ccccc4n(-c4ccccc4)c32)cc1. The lowest BCUT2D eigenvalue weighted by molar-refractivity contribution is 1.19. The maximum Gasteiger partial charge on any atom is 0.0728 e. The first-order valence-corrected chi connectivity index (χ1v) is 50.3. The lowest BCUT2D eigenvalue weighted by atomic mass is 9.99. The van der Waals surface area contributed by atoms with Crippen molar-refractivity contribution in [2.75, 3.05) is 14.7 Å². The lowest BCUT2D eigenvalue weighted by Crippen LogP contribution is -2.11. The van der Waals surface area contributed by atoms with Crippen LogP contribution in [0.15, 0.2) is 546 Å². The van der Waals surface area contributed by atoms with E-state index in [0.717, 1.165) is 39.8 Å². The van der Waals surface area contributed by atoms with E-state index in [1.54, 1.807) is 0 Å². The summed E-state index contributed by atoms with van der Waals surface area (Å²) in [6, 6.07) is 196. The summed E-state index contributed by atoms with van der Waals surface area (Å²) in [5.41, 5.74) is 35.7. The summed E-state index contributed by atoms with van der Waals surface area (Å²) in [6.07, 6.45) is 0. The Bertz CT molecular complexity index is 9180. The molecule has 9 heteroatoms. The minimum absolute atomic E-state index is 1.11. The number of nitrogens with zero attached hydrogens (tertiary/aromatic N) is 6. The van der Waals surface area contributed by atoms with Gasteiger partial charge in [0.1, 0.15) is 0 Å². The van der Waals surface area contributed by atoms with Crippen LogP contribution in [-0.2, 0) is 0 Å². The highest BCUT2D eigenvalue weighted by molar-refractivity contribution is 7.28. The number of aromatic nitrogens is 3. The van der Waals surface area contributed by atoms with Crippen LogP contribution in [0.2, 0.25) is 0 Å². The van der Waals surface area contributed by atoms with Crippen molar-refractivity contribution in [2.24, 2.45) is 0 Å². The molecule has 0 fully saturated rings. The lowest BCUT2D eigenvalue weighted by Gasteiger charge is -2.28. The largest absolute Gasteiger partial charge is 0.308 e. The number of hydrogen-bond acceptors (Lipinski definition) is 6. The van der Waals surface area contributed by atoms with Gasteiger partial charge in [0.2, 0.25) is 0 Å². The Morgan fingerprint density at radius 1 is 0.135 bits per heavy atom. The van der Waals surface area contributed by atoms with Crippen LogP contribution in [0.5, 0.6) is 0 Å². The third-order valence-electron chi connectivity index (χ3n) is 27.0. The molecule has 6 nitrogen and oxygen atoms in total. The number of benzene rings is 21. The average Bonchev–Trinajstić information content (AvgIpc) is 1.56. The normalized spacial score (nSPS) is 11.4. The van der Waals surface area contributed by atoms with Crippen LogP contribution in [0.25, 0.3) is 177 Å². The fourth-order valence-electron chi connectivity index (χ4n) is 20.6. The first-order valence-electron chi connectivity index (χ1n) is 47.9. The van der Waals surface area contributed by atoms with Gasteiger partial charge in [0, 0.05) is 83.1 Å². The van der Waals surface area contributed by atoms with Crippen LogP contribution in [-0.4, -0.2) is 13.7 Å². The molecule has 0 N–H and O–H groups in total. The minimum atomic E-state index is 1.11. The Labute approximate surface area is 830 Å². The summed E-state index contributed by atoms with van der Waals surface area (Å²) in [4.78, 5) is 7.33. The molecule has 6 heterocycles. The molecule has 0 atom stereocenters. The Morgan fingerprint density at radius 2 is 0.333 bits per heavy atom. The summed E-state index contributed by atoms with van der Waals surface area (Å²) in [7, 11) is 0. The van der Waals surface area contributed by atoms with Gasteiger partial charge in [-0.15, -0.1) is 34.0 Å². The molecule has 0 saturated carbocycles. The molecule has 21 aromatic carbocycles.